The molecule has 0 aromatic rings. The van der Waals surface area contributed by atoms with Crippen LogP contribution in [0.15, 0.2) is 0 Å². The van der Waals surface area contributed by atoms with Crippen LogP contribution < -0.4 is 31.9 Å². The van der Waals surface area contributed by atoms with E-state index in [-0.39, 0.29) is 120 Å². The van der Waals surface area contributed by atoms with E-state index in [2.05, 4.69) is 48.3 Å². The summed E-state index contributed by atoms with van der Waals surface area (Å²) in [7, 11) is 0. The average Bonchev–Trinajstić information content (AvgIpc) is 0.855. The minimum atomic E-state index is -1.72. The van der Waals surface area contributed by atoms with Crippen LogP contribution in [-0.2, 0) is 114 Å². The summed E-state index contributed by atoms with van der Waals surface area (Å²) in [5, 5.41) is 17.5. The highest BCUT2D eigenvalue weighted by atomic mass is 35.6. The molecule has 6 N–H and O–H groups in total. The van der Waals surface area contributed by atoms with E-state index in [1.165, 1.54) is 0 Å². The van der Waals surface area contributed by atoms with E-state index < -0.39 is 22.0 Å². The number of ketones is 2. The van der Waals surface area contributed by atoms with Crippen LogP contribution in [0.4, 0.5) is 4.79 Å². The molecule has 0 aromatic carbocycles. The highest BCUT2D eigenvalue weighted by Crippen LogP contribution is 2.26. The van der Waals surface area contributed by atoms with Gasteiger partial charge in [-0.2, -0.15) is 0 Å². The molecule has 648 valence electrons. The zero-order valence-corrected chi connectivity index (χ0v) is 69.0. The predicted octanol–water partition coefficient (Wildman–Crippen LogP) is 8.59. The lowest BCUT2D eigenvalue weighted by molar-refractivity contribution is -0.131. The number of unbranched alkanes of at least 4 members (excludes halogenated alkanes) is 16. The average molecular weight is 1660 g/mol. The molecule has 0 heterocycles. The van der Waals surface area contributed by atoms with Gasteiger partial charge in [0.1, 0.15) is 36.9 Å². The third kappa shape index (κ3) is 81.7. The molecule has 31 nitrogen and oxygen atoms in total. The minimum Gasteiger partial charge on any atom is -0.465 e. The van der Waals surface area contributed by atoms with Crippen molar-refractivity contribution in [1.29, 1.82) is 0 Å². The van der Waals surface area contributed by atoms with E-state index in [9.17, 15) is 47.9 Å². The number of hydrogen-bond donors (Lipinski definition) is 6. The van der Waals surface area contributed by atoms with Crippen LogP contribution in [0, 0.1) is 0 Å². The van der Waals surface area contributed by atoms with Gasteiger partial charge in [0.2, 0.25) is 33.3 Å². The number of Topliss-reactive ketones (excluding diaryl/α,β-unsaturated/α-hetero) is 2. The molecule has 0 aliphatic rings. The van der Waals surface area contributed by atoms with Crippen molar-refractivity contribution in [3.05, 3.63) is 0 Å². The van der Waals surface area contributed by atoms with Crippen molar-refractivity contribution in [2.75, 3.05) is 211 Å². The van der Waals surface area contributed by atoms with Gasteiger partial charge in [-0.3, -0.25) is 43.2 Å². The maximum atomic E-state index is 13.9. The molecule has 0 unspecified atom stereocenters. The predicted molar refractivity (Wildman–Crippen MR) is 420 cm³/mol. The van der Waals surface area contributed by atoms with Crippen molar-refractivity contribution < 1.29 is 119 Å². The molecule has 0 aromatic heterocycles. The summed E-state index contributed by atoms with van der Waals surface area (Å²) < 4.78 is 79.6. The van der Waals surface area contributed by atoms with Crippen molar-refractivity contribution in [1.82, 2.24) is 31.9 Å². The third-order valence-electron chi connectivity index (χ3n) is 16.5. The number of nitrogens with one attached hydrogen (secondary N) is 6. The molecule has 0 aliphatic heterocycles. The van der Waals surface area contributed by atoms with Gasteiger partial charge in [-0.05, 0) is 70.6 Å². The minimum absolute atomic E-state index is 0.00784. The van der Waals surface area contributed by atoms with Crippen LogP contribution >= 0.6 is 34.8 Å². The number of carbonyl (C=O) groups excluding carboxylic acids is 10. The molecule has 0 rings (SSSR count). The van der Waals surface area contributed by atoms with Crippen molar-refractivity contribution in [3.63, 3.8) is 0 Å². The largest absolute Gasteiger partial charge is 0.465 e. The van der Waals surface area contributed by atoms with E-state index in [1.54, 1.807) is 0 Å². The van der Waals surface area contributed by atoms with Crippen LogP contribution in [0.1, 0.15) is 212 Å². The fourth-order valence-corrected chi connectivity index (χ4v) is 10.7. The van der Waals surface area contributed by atoms with Crippen LogP contribution in [0.3, 0.4) is 0 Å². The van der Waals surface area contributed by atoms with Gasteiger partial charge in [0, 0.05) is 110 Å². The fourth-order valence-electron chi connectivity index (χ4n) is 10.5. The zero-order chi connectivity index (χ0) is 81.1. The second kappa shape index (κ2) is 81.8. The van der Waals surface area contributed by atoms with E-state index >= 15 is 0 Å². The smallest absolute Gasteiger partial charge is 0.407 e. The maximum Gasteiger partial charge on any atom is 0.407 e. The van der Waals surface area contributed by atoms with Crippen molar-refractivity contribution in [2.24, 2.45) is 0 Å². The Kier molecular flexibility index (Phi) is 78.4. The van der Waals surface area contributed by atoms with Crippen molar-refractivity contribution >= 4 is 94.9 Å². The summed E-state index contributed by atoms with van der Waals surface area (Å²) in [6.07, 6.45) is 20.4. The Hall–Kier alpha value is -4.71. The van der Waals surface area contributed by atoms with E-state index in [1.807, 2.05) is 0 Å². The summed E-state index contributed by atoms with van der Waals surface area (Å²) in [4.78, 5) is 122. The SMILES string of the molecule is CCCOCCOCCOCCNC(=O)CCCCCCCNC(=O)CCOCC(COCCC(=O)NCCCCCCCC(=O)CCCOCCOCCOCCOC=O)(COCCC(=O)NCCCCCCCC(=O)CCCOCCOCCOCCOC=O)NC(=O)CCCCCCCNC(=O)OCC(Cl)(Cl)Cl. The first kappa shape index (κ1) is 106. The molecule has 0 atom stereocenters. The molecule has 0 bridgehead atoms. The number of rotatable bonds is 88. The zero-order valence-electron chi connectivity index (χ0n) is 66.7. The van der Waals surface area contributed by atoms with Gasteiger partial charge in [0.15, 0.2) is 0 Å². The Labute approximate surface area is 675 Å². The molecular weight excluding hydrogens is 1520 g/mol. The molecule has 0 spiro atoms. The van der Waals surface area contributed by atoms with Crippen LogP contribution in [0.5, 0.6) is 0 Å². The van der Waals surface area contributed by atoms with Gasteiger partial charge in [-0.1, -0.05) is 119 Å². The molecule has 0 radical (unpaired) electrons. The lowest BCUT2D eigenvalue weighted by atomic mass is 10.0. The Morgan fingerprint density at radius 2 is 0.559 bits per heavy atom. The second-order valence-electron chi connectivity index (χ2n) is 26.6. The molecule has 0 aliphatic carbocycles. The molecule has 0 saturated carbocycles. The maximum absolute atomic E-state index is 13.9. The Morgan fingerprint density at radius 3 is 0.928 bits per heavy atom. The normalized spacial score (nSPS) is 11.5. The number of carbonyl (C=O) groups is 10. The van der Waals surface area contributed by atoms with Gasteiger partial charge < -0.3 is 103 Å². The molecule has 0 fully saturated rings. The van der Waals surface area contributed by atoms with Crippen LogP contribution in [0.25, 0.3) is 0 Å². The van der Waals surface area contributed by atoms with E-state index in [0.29, 0.717) is 222 Å². The van der Waals surface area contributed by atoms with Gasteiger partial charge >= 0.3 is 6.09 Å². The van der Waals surface area contributed by atoms with Crippen LogP contribution in [-0.4, -0.2) is 281 Å². The number of halogens is 3. The van der Waals surface area contributed by atoms with Crippen molar-refractivity contribution in [3.8, 4) is 0 Å². The Balaban J connectivity index is 5.42. The Bertz CT molecular complexity index is 2180. The number of alkyl halides is 3. The second-order valence-corrected chi connectivity index (χ2v) is 29.1. The lowest BCUT2D eigenvalue weighted by Crippen LogP contribution is -2.58. The summed E-state index contributed by atoms with van der Waals surface area (Å²) in [6, 6.07) is 0. The first-order chi connectivity index (χ1) is 54.0. The monoisotopic (exact) mass is 1650 g/mol. The number of hydrogen-bond acceptors (Lipinski definition) is 25. The summed E-state index contributed by atoms with van der Waals surface area (Å²) in [6.45, 7) is 12.6. The standard InChI is InChI=1S/C77H139Cl3N6O25/c1-2-39-97-46-50-101-53-49-100-45-38-84-70(91)29-17-9-5-13-21-36-83-73(94)33-44-108-64-76(86-74(95)30-18-10-6-14-22-37-85-75(96)111-65-77(78,79)80,62-106-42-31-71(92)81-34-19-11-3-7-15-25-68(89)27-23-40-98-47-51-102-54-56-104-58-60-109-66-87)63-107-43-32-72(93)82-35-20-12-4-8-16-26-69(90)28-24-41-99-48-52-103-55-57-105-59-61-110-67-88/h66-67H,2-65H2,1H3,(H,81,92)(H,82,93)(H,83,94)(H,84,91)(H,85,96)(H,86,95). The quantitative estimate of drug-likeness (QED) is 0.0144. The third-order valence-corrected chi connectivity index (χ3v) is 16.8. The van der Waals surface area contributed by atoms with Gasteiger partial charge in [-0.15, -0.1) is 0 Å². The highest BCUT2D eigenvalue weighted by Gasteiger charge is 2.34. The van der Waals surface area contributed by atoms with Gasteiger partial charge in [-0.25, -0.2) is 4.79 Å². The van der Waals surface area contributed by atoms with Gasteiger partial charge in [0.25, 0.3) is 12.9 Å². The highest BCUT2D eigenvalue weighted by molar-refractivity contribution is 6.67. The van der Waals surface area contributed by atoms with Crippen LogP contribution in [0.2, 0.25) is 0 Å². The molecule has 111 heavy (non-hydrogen) atoms. The topological polar surface area (TPSA) is 381 Å². The number of alkyl carbamates (subject to hydrolysis) is 1. The lowest BCUT2D eigenvalue weighted by Gasteiger charge is -2.34. The molecule has 6 amide bonds. The number of amides is 6. The summed E-state index contributed by atoms with van der Waals surface area (Å²) in [5.41, 5.74) is -1.29. The van der Waals surface area contributed by atoms with Crippen molar-refractivity contribution in [2.45, 2.75) is 222 Å². The first-order valence-corrected chi connectivity index (χ1v) is 41.6. The summed E-state index contributed by atoms with van der Waals surface area (Å²) >= 11 is 17.0. The first-order valence-electron chi connectivity index (χ1n) is 40.5. The Morgan fingerprint density at radius 1 is 0.270 bits per heavy atom. The van der Waals surface area contributed by atoms with E-state index in [0.717, 1.165) is 122 Å². The molecule has 34 heteroatoms. The molecular formula is C77H139Cl3N6O25. The van der Waals surface area contributed by atoms with E-state index in [4.69, 9.17) is 96.4 Å². The number of ether oxygens (including phenoxy) is 15. The fraction of sp³-hybridized carbons (Fsp3) is 0.870. The summed E-state index contributed by atoms with van der Waals surface area (Å²) in [5.74, 6) is -0.545. The molecule has 0 saturated heterocycles. The van der Waals surface area contributed by atoms with Gasteiger partial charge in [0.05, 0.1) is 139 Å².